The van der Waals surface area contributed by atoms with Crippen molar-refractivity contribution >= 4 is 12.0 Å². The number of aliphatic carboxylic acids is 1. The molecule has 0 spiro atoms. The fourth-order valence-electron chi connectivity index (χ4n) is 1.37. The number of carbonyl (C=O) groups is 1. The van der Waals surface area contributed by atoms with Gasteiger partial charge in [0.05, 0.1) is 12.7 Å². The van der Waals surface area contributed by atoms with Gasteiger partial charge in [-0.25, -0.2) is 4.79 Å². The smallest absolute Gasteiger partial charge is 0.328 e. The molecular formula is C14H15NO3. The molecule has 0 heterocycles. The lowest BCUT2D eigenvalue weighted by Gasteiger charge is -2.05. The zero-order valence-electron chi connectivity index (χ0n) is 10.0. The van der Waals surface area contributed by atoms with Crippen LogP contribution in [-0.4, -0.2) is 17.7 Å². The molecule has 4 nitrogen and oxygen atoms in total. The van der Waals surface area contributed by atoms with Gasteiger partial charge in [0.2, 0.25) is 0 Å². The van der Waals surface area contributed by atoms with Crippen LogP contribution in [0.1, 0.15) is 24.8 Å². The van der Waals surface area contributed by atoms with Gasteiger partial charge in [-0.1, -0.05) is 12.1 Å². The Hall–Kier alpha value is -2.28. The summed E-state index contributed by atoms with van der Waals surface area (Å²) in [7, 11) is 0. The number of carboxylic acid groups (broad SMARTS) is 1. The van der Waals surface area contributed by atoms with Crippen LogP contribution < -0.4 is 4.74 Å². The number of carboxylic acids is 1. The van der Waals surface area contributed by atoms with Gasteiger partial charge < -0.3 is 9.84 Å². The molecule has 18 heavy (non-hydrogen) atoms. The van der Waals surface area contributed by atoms with E-state index in [2.05, 4.69) is 6.07 Å². The third-order valence-electron chi connectivity index (χ3n) is 2.23. The highest BCUT2D eigenvalue weighted by atomic mass is 16.5. The second kappa shape index (κ2) is 7.91. The summed E-state index contributed by atoms with van der Waals surface area (Å²) in [4.78, 5) is 10.4. The lowest BCUT2D eigenvalue weighted by Crippen LogP contribution is -1.97. The van der Waals surface area contributed by atoms with Crippen molar-refractivity contribution < 1.29 is 14.6 Å². The zero-order valence-corrected chi connectivity index (χ0v) is 10.0. The summed E-state index contributed by atoms with van der Waals surface area (Å²) in [6, 6.07) is 9.30. The second-order valence-electron chi connectivity index (χ2n) is 3.71. The van der Waals surface area contributed by atoms with Crippen LogP contribution in [0.2, 0.25) is 0 Å². The van der Waals surface area contributed by atoms with Crippen LogP contribution >= 0.6 is 0 Å². The van der Waals surface area contributed by atoms with Crippen LogP contribution in [0.15, 0.2) is 30.3 Å². The summed E-state index contributed by atoms with van der Waals surface area (Å²) in [6.07, 6.45) is 4.82. The maximum Gasteiger partial charge on any atom is 0.328 e. The van der Waals surface area contributed by atoms with Gasteiger partial charge in [-0.15, -0.1) is 0 Å². The van der Waals surface area contributed by atoms with Crippen LogP contribution in [0.5, 0.6) is 5.75 Å². The molecule has 94 valence electrons. The Morgan fingerprint density at radius 1 is 1.44 bits per heavy atom. The molecule has 0 saturated heterocycles. The van der Waals surface area contributed by atoms with E-state index in [0.717, 1.165) is 24.5 Å². The van der Waals surface area contributed by atoms with Crippen molar-refractivity contribution in [1.82, 2.24) is 0 Å². The predicted molar refractivity (Wildman–Crippen MR) is 68.1 cm³/mol. The number of unbranched alkanes of at least 4 members (excludes halogenated alkanes) is 2. The average molecular weight is 245 g/mol. The molecule has 0 fully saturated rings. The van der Waals surface area contributed by atoms with Crippen molar-refractivity contribution in [3.05, 3.63) is 35.9 Å². The molecule has 0 amide bonds. The molecule has 0 aromatic heterocycles. The van der Waals surface area contributed by atoms with E-state index < -0.39 is 5.97 Å². The van der Waals surface area contributed by atoms with Crippen molar-refractivity contribution in [2.75, 3.05) is 6.61 Å². The van der Waals surface area contributed by atoms with Gasteiger partial charge in [-0.2, -0.15) is 5.26 Å². The lowest BCUT2D eigenvalue weighted by atomic mass is 10.2. The van der Waals surface area contributed by atoms with Gasteiger partial charge >= 0.3 is 5.97 Å². The molecule has 0 aliphatic rings. The van der Waals surface area contributed by atoms with Crippen LogP contribution in [0.3, 0.4) is 0 Å². The third kappa shape index (κ3) is 5.71. The van der Waals surface area contributed by atoms with Crippen LogP contribution in [0, 0.1) is 11.3 Å². The minimum absolute atomic E-state index is 0.546. The first kappa shape index (κ1) is 13.8. The lowest BCUT2D eigenvalue weighted by molar-refractivity contribution is -0.131. The number of rotatable bonds is 7. The maximum absolute atomic E-state index is 10.4. The highest BCUT2D eigenvalue weighted by Crippen LogP contribution is 2.15. The second-order valence-corrected chi connectivity index (χ2v) is 3.71. The Morgan fingerprint density at radius 3 is 3.00 bits per heavy atom. The molecular weight excluding hydrogens is 230 g/mol. The maximum atomic E-state index is 10.4. The minimum atomic E-state index is -0.974. The first-order valence-electron chi connectivity index (χ1n) is 5.73. The van der Waals surface area contributed by atoms with E-state index in [-0.39, 0.29) is 0 Å². The summed E-state index contributed by atoms with van der Waals surface area (Å²) >= 11 is 0. The monoisotopic (exact) mass is 245 g/mol. The normalized spacial score (nSPS) is 10.2. The number of hydrogen-bond donors (Lipinski definition) is 1. The van der Waals surface area contributed by atoms with E-state index in [9.17, 15) is 4.79 Å². The van der Waals surface area contributed by atoms with Gasteiger partial charge in [-0.05, 0) is 36.6 Å². The van der Waals surface area contributed by atoms with E-state index in [4.69, 9.17) is 15.1 Å². The summed E-state index contributed by atoms with van der Waals surface area (Å²) in [5.74, 6) is -0.266. The largest absolute Gasteiger partial charge is 0.494 e. The zero-order chi connectivity index (χ0) is 13.2. The van der Waals surface area contributed by atoms with Crippen LogP contribution in [0.4, 0.5) is 0 Å². The van der Waals surface area contributed by atoms with Gasteiger partial charge in [0, 0.05) is 12.5 Å². The highest BCUT2D eigenvalue weighted by Gasteiger charge is 1.96. The summed E-state index contributed by atoms with van der Waals surface area (Å²) in [6.45, 7) is 0.563. The van der Waals surface area contributed by atoms with E-state index in [0.29, 0.717) is 18.8 Å². The van der Waals surface area contributed by atoms with Gasteiger partial charge in [0.1, 0.15) is 5.75 Å². The molecule has 0 radical (unpaired) electrons. The molecule has 1 aromatic rings. The number of hydrogen-bond acceptors (Lipinski definition) is 3. The molecule has 0 aliphatic carbocycles. The molecule has 1 rings (SSSR count). The fraction of sp³-hybridized carbons (Fsp3) is 0.286. The molecule has 0 unspecified atom stereocenters. The Kier molecular flexibility index (Phi) is 6.05. The summed E-state index contributed by atoms with van der Waals surface area (Å²) in [5, 5.41) is 16.9. The summed E-state index contributed by atoms with van der Waals surface area (Å²) in [5.41, 5.74) is 0.784. The van der Waals surface area contributed by atoms with Crippen molar-refractivity contribution in [1.29, 1.82) is 5.26 Å². The van der Waals surface area contributed by atoms with Crippen molar-refractivity contribution in [2.45, 2.75) is 19.3 Å². The van der Waals surface area contributed by atoms with Gasteiger partial charge in [-0.3, -0.25) is 0 Å². The quantitative estimate of drug-likeness (QED) is 0.592. The first-order chi connectivity index (χ1) is 8.72. The van der Waals surface area contributed by atoms with Crippen LogP contribution in [-0.2, 0) is 4.79 Å². The molecule has 0 atom stereocenters. The number of nitriles is 1. The van der Waals surface area contributed by atoms with Crippen molar-refractivity contribution in [3.63, 3.8) is 0 Å². The van der Waals surface area contributed by atoms with Gasteiger partial charge in [0.25, 0.3) is 0 Å². The van der Waals surface area contributed by atoms with Crippen molar-refractivity contribution in [3.8, 4) is 11.8 Å². The van der Waals surface area contributed by atoms with Gasteiger partial charge in [0.15, 0.2) is 0 Å². The SMILES string of the molecule is N#CCCCCOc1cccc(C=CC(=O)O)c1. The molecule has 0 bridgehead atoms. The standard InChI is InChI=1S/C14H15NO3/c15-9-2-1-3-10-18-13-6-4-5-12(11-13)7-8-14(16)17/h4-8,11H,1-3,10H2,(H,16,17). The third-order valence-corrected chi connectivity index (χ3v) is 2.23. The Balaban J connectivity index is 2.45. The number of ether oxygens (including phenoxy) is 1. The minimum Gasteiger partial charge on any atom is -0.494 e. The number of nitrogens with zero attached hydrogens (tertiary/aromatic N) is 1. The molecule has 1 N–H and O–H groups in total. The van der Waals surface area contributed by atoms with Crippen molar-refractivity contribution in [2.24, 2.45) is 0 Å². The molecule has 0 aliphatic heterocycles. The molecule has 1 aromatic carbocycles. The average Bonchev–Trinajstić information content (AvgIpc) is 2.37. The molecule has 4 heteroatoms. The fourth-order valence-corrected chi connectivity index (χ4v) is 1.37. The Bertz CT molecular complexity index is 460. The predicted octanol–water partition coefficient (Wildman–Crippen LogP) is 2.86. The van der Waals surface area contributed by atoms with E-state index in [1.807, 2.05) is 18.2 Å². The Labute approximate surface area is 106 Å². The first-order valence-corrected chi connectivity index (χ1v) is 5.73. The van der Waals surface area contributed by atoms with E-state index in [1.165, 1.54) is 6.08 Å². The summed E-state index contributed by atoms with van der Waals surface area (Å²) < 4.78 is 5.51. The number of benzene rings is 1. The molecule has 0 saturated carbocycles. The highest BCUT2D eigenvalue weighted by molar-refractivity contribution is 5.85. The van der Waals surface area contributed by atoms with E-state index >= 15 is 0 Å². The van der Waals surface area contributed by atoms with E-state index in [1.54, 1.807) is 6.07 Å². The Morgan fingerprint density at radius 2 is 2.28 bits per heavy atom. The van der Waals surface area contributed by atoms with Crippen LogP contribution in [0.25, 0.3) is 6.08 Å². The topological polar surface area (TPSA) is 70.3 Å².